The molecule has 0 unspecified atom stereocenters. The number of ether oxygens (including phenoxy) is 1. The van der Waals surface area contributed by atoms with Gasteiger partial charge in [-0.3, -0.25) is 14.2 Å². The van der Waals surface area contributed by atoms with Gasteiger partial charge in [-0.05, 0) is 67.4 Å². The Labute approximate surface area is 280 Å². The van der Waals surface area contributed by atoms with Crippen LogP contribution >= 0.6 is 22.9 Å². The average molecular weight is 659 g/mol. The van der Waals surface area contributed by atoms with Crippen molar-refractivity contribution in [2.45, 2.75) is 26.4 Å². The highest BCUT2D eigenvalue weighted by Crippen LogP contribution is 2.32. The molecule has 0 radical (unpaired) electrons. The van der Waals surface area contributed by atoms with E-state index < -0.39 is 6.04 Å². The Morgan fingerprint density at radius 2 is 1.70 bits per heavy atom. The number of carbonyl (C=O) groups excluding carboxylic acids is 1. The van der Waals surface area contributed by atoms with Crippen LogP contribution in [0.3, 0.4) is 0 Å². The lowest BCUT2D eigenvalue weighted by atomic mass is 9.95. The van der Waals surface area contributed by atoms with Gasteiger partial charge in [-0.1, -0.05) is 89.7 Å². The standard InChI is InChI=1S/C38H31ClN4O3S/c1-3-46-29-19-17-25(18-20-29)35-34(36(44)41-28-12-5-4-6-13-28)24(2)40-38-43(35)37(45)33(47-38)21-27-23-42(32-16-10-8-14-30(27)32)22-26-11-7-9-15-31(26)39/h4-21,23,35H,3,22H2,1-2H3,(H,41,44)/b33-21-/t35-/m1/s1. The first kappa shape index (κ1) is 30.5. The maximum Gasteiger partial charge on any atom is 0.271 e. The van der Waals surface area contributed by atoms with Gasteiger partial charge in [0.1, 0.15) is 5.75 Å². The fraction of sp³-hybridized carbons (Fsp3) is 0.132. The number of rotatable bonds is 8. The number of fused-ring (bicyclic) bond motifs is 2. The number of carbonyl (C=O) groups is 1. The summed E-state index contributed by atoms with van der Waals surface area (Å²) in [5.41, 5.74) is 5.15. The Kier molecular flexibility index (Phi) is 8.37. The minimum Gasteiger partial charge on any atom is -0.494 e. The van der Waals surface area contributed by atoms with Gasteiger partial charge in [-0.15, -0.1) is 0 Å². The normalized spacial score (nSPS) is 14.6. The summed E-state index contributed by atoms with van der Waals surface area (Å²) in [6.45, 7) is 4.87. The van der Waals surface area contributed by atoms with E-state index in [4.69, 9.17) is 21.3 Å². The van der Waals surface area contributed by atoms with Crippen LogP contribution in [0.1, 0.15) is 36.6 Å². The van der Waals surface area contributed by atoms with Gasteiger partial charge < -0.3 is 14.6 Å². The number of anilines is 1. The third-order valence-electron chi connectivity index (χ3n) is 8.21. The van der Waals surface area contributed by atoms with E-state index in [0.717, 1.165) is 27.6 Å². The van der Waals surface area contributed by atoms with E-state index in [-0.39, 0.29) is 11.5 Å². The smallest absolute Gasteiger partial charge is 0.271 e. The average Bonchev–Trinajstić information content (AvgIpc) is 3.58. The lowest BCUT2D eigenvalue weighted by molar-refractivity contribution is -0.113. The summed E-state index contributed by atoms with van der Waals surface area (Å²) in [5, 5.41) is 4.73. The number of thiazole rings is 1. The third kappa shape index (κ3) is 5.93. The molecule has 2 aromatic heterocycles. The summed E-state index contributed by atoms with van der Waals surface area (Å²) in [5.74, 6) is 0.404. The van der Waals surface area contributed by atoms with Gasteiger partial charge in [0, 0.05) is 39.9 Å². The summed E-state index contributed by atoms with van der Waals surface area (Å²) in [6, 6.07) is 32.1. The van der Waals surface area contributed by atoms with Crippen molar-refractivity contribution in [3.8, 4) is 5.75 Å². The van der Waals surface area contributed by atoms with E-state index in [9.17, 15) is 9.59 Å². The molecule has 0 bridgehead atoms. The molecule has 0 spiro atoms. The summed E-state index contributed by atoms with van der Waals surface area (Å²) < 4.78 is 9.99. The summed E-state index contributed by atoms with van der Waals surface area (Å²) in [6.07, 6.45) is 3.98. The molecule has 1 aliphatic rings. The zero-order chi connectivity index (χ0) is 32.5. The number of allylic oxidation sites excluding steroid dienone is 1. The molecule has 1 aliphatic heterocycles. The van der Waals surface area contributed by atoms with Gasteiger partial charge >= 0.3 is 0 Å². The van der Waals surface area contributed by atoms with Crippen molar-refractivity contribution in [1.82, 2.24) is 9.13 Å². The van der Waals surface area contributed by atoms with Gasteiger partial charge in [0.2, 0.25) is 0 Å². The lowest BCUT2D eigenvalue weighted by Gasteiger charge is -2.25. The Morgan fingerprint density at radius 1 is 0.979 bits per heavy atom. The highest BCUT2D eigenvalue weighted by atomic mass is 35.5. The van der Waals surface area contributed by atoms with Gasteiger partial charge in [-0.25, -0.2) is 4.99 Å². The van der Waals surface area contributed by atoms with Gasteiger partial charge in [0.15, 0.2) is 4.80 Å². The Hall–Kier alpha value is -5.18. The molecular formula is C38H31ClN4O3S. The second kappa shape index (κ2) is 12.9. The van der Waals surface area contributed by atoms with Crippen LogP contribution in [0.15, 0.2) is 130 Å². The number of hydrogen-bond donors (Lipinski definition) is 1. The first-order chi connectivity index (χ1) is 22.9. The minimum absolute atomic E-state index is 0.215. The van der Waals surface area contributed by atoms with Crippen LogP contribution in [0.4, 0.5) is 5.69 Å². The molecule has 9 heteroatoms. The van der Waals surface area contributed by atoms with Crippen molar-refractivity contribution < 1.29 is 9.53 Å². The fourth-order valence-electron chi connectivity index (χ4n) is 6.03. The Balaban J connectivity index is 1.36. The molecule has 0 fully saturated rings. The topological polar surface area (TPSA) is 77.6 Å². The summed E-state index contributed by atoms with van der Waals surface area (Å²) >= 11 is 7.83. The Morgan fingerprint density at radius 3 is 2.47 bits per heavy atom. The molecule has 4 aromatic carbocycles. The van der Waals surface area contributed by atoms with Crippen molar-refractivity contribution in [2.24, 2.45) is 4.99 Å². The zero-order valence-electron chi connectivity index (χ0n) is 25.8. The molecule has 7 rings (SSSR count). The van der Waals surface area contributed by atoms with E-state index in [1.807, 2.05) is 111 Å². The van der Waals surface area contributed by atoms with Crippen LogP contribution in [0, 0.1) is 0 Å². The fourth-order valence-corrected chi connectivity index (χ4v) is 7.27. The minimum atomic E-state index is -0.686. The number of amides is 1. The van der Waals surface area contributed by atoms with Crippen molar-refractivity contribution in [2.75, 3.05) is 11.9 Å². The third-order valence-corrected chi connectivity index (χ3v) is 9.56. The molecule has 234 valence electrons. The second-order valence-electron chi connectivity index (χ2n) is 11.2. The van der Waals surface area contributed by atoms with Crippen LogP contribution in [-0.4, -0.2) is 21.6 Å². The number of benzene rings is 4. The summed E-state index contributed by atoms with van der Waals surface area (Å²) in [7, 11) is 0. The molecule has 1 amide bonds. The maximum atomic E-state index is 14.4. The first-order valence-corrected chi connectivity index (χ1v) is 16.5. The Bertz CT molecular complexity index is 2340. The molecule has 1 atom stereocenters. The highest BCUT2D eigenvalue weighted by molar-refractivity contribution is 7.07. The van der Waals surface area contributed by atoms with Crippen LogP contribution in [-0.2, 0) is 11.3 Å². The van der Waals surface area contributed by atoms with E-state index in [1.165, 1.54) is 11.3 Å². The lowest BCUT2D eigenvalue weighted by Crippen LogP contribution is -2.40. The van der Waals surface area contributed by atoms with Crippen LogP contribution in [0.2, 0.25) is 5.02 Å². The predicted molar refractivity (Wildman–Crippen MR) is 189 cm³/mol. The van der Waals surface area contributed by atoms with Crippen LogP contribution in [0.5, 0.6) is 5.75 Å². The zero-order valence-corrected chi connectivity index (χ0v) is 27.4. The van der Waals surface area contributed by atoms with Crippen molar-refractivity contribution in [1.29, 1.82) is 0 Å². The van der Waals surface area contributed by atoms with Gasteiger partial charge in [0.25, 0.3) is 11.5 Å². The number of aromatic nitrogens is 2. The van der Waals surface area contributed by atoms with E-state index >= 15 is 0 Å². The highest BCUT2D eigenvalue weighted by Gasteiger charge is 2.32. The largest absolute Gasteiger partial charge is 0.494 e. The van der Waals surface area contributed by atoms with Gasteiger partial charge in [-0.2, -0.15) is 0 Å². The summed E-state index contributed by atoms with van der Waals surface area (Å²) in [4.78, 5) is 33.6. The molecule has 3 heterocycles. The molecule has 1 N–H and O–H groups in total. The molecule has 7 nitrogen and oxygen atoms in total. The quantitative estimate of drug-likeness (QED) is 0.193. The molecule has 0 saturated heterocycles. The number of para-hydroxylation sites is 2. The predicted octanol–water partition coefficient (Wildman–Crippen LogP) is 6.93. The number of hydrogen-bond acceptors (Lipinski definition) is 5. The monoisotopic (exact) mass is 658 g/mol. The molecule has 0 aliphatic carbocycles. The van der Waals surface area contributed by atoms with E-state index in [0.29, 0.717) is 50.2 Å². The SMILES string of the molecule is CCOc1ccc([C@@H]2C(C(=O)Nc3ccccc3)=C(C)N=c3s/c(=C\c4cn(Cc5ccccc5Cl)c5ccccc45)c(=O)n32)cc1. The van der Waals surface area contributed by atoms with Crippen molar-refractivity contribution in [3.63, 3.8) is 0 Å². The van der Waals surface area contributed by atoms with E-state index in [1.54, 1.807) is 4.57 Å². The molecule has 6 aromatic rings. The second-order valence-corrected chi connectivity index (χ2v) is 12.6. The molecular weight excluding hydrogens is 628 g/mol. The van der Waals surface area contributed by atoms with Gasteiger partial charge in [0.05, 0.1) is 28.5 Å². The van der Waals surface area contributed by atoms with E-state index in [2.05, 4.69) is 28.2 Å². The number of halogens is 1. The first-order valence-electron chi connectivity index (χ1n) is 15.3. The molecule has 47 heavy (non-hydrogen) atoms. The number of nitrogens with zero attached hydrogens (tertiary/aromatic N) is 3. The van der Waals surface area contributed by atoms with Crippen LogP contribution in [0.25, 0.3) is 17.0 Å². The van der Waals surface area contributed by atoms with Crippen molar-refractivity contribution >= 4 is 51.5 Å². The molecule has 0 saturated carbocycles. The number of nitrogens with one attached hydrogen (secondary N) is 1. The van der Waals surface area contributed by atoms with Crippen molar-refractivity contribution in [3.05, 3.63) is 162 Å². The van der Waals surface area contributed by atoms with Crippen LogP contribution < -0.4 is 24.9 Å². The maximum absolute atomic E-state index is 14.4.